The highest BCUT2D eigenvalue weighted by Crippen LogP contribution is 2.20. The van der Waals surface area contributed by atoms with Gasteiger partial charge in [0.25, 0.3) is 0 Å². The number of aromatic nitrogens is 2. The number of amides is 3. The van der Waals surface area contributed by atoms with E-state index in [2.05, 4.69) is 15.6 Å². The first kappa shape index (κ1) is 41.4. The summed E-state index contributed by atoms with van der Waals surface area (Å²) in [5, 5.41) is 20.9. The zero-order valence-electron chi connectivity index (χ0n) is 29.8. The number of nitrogens with one attached hydrogen (secondary N) is 4. The third-order valence-corrected chi connectivity index (χ3v) is 7.64. The average Bonchev–Trinajstić information content (AvgIpc) is 3.40. The molecule has 0 radical (unpaired) electrons. The number of thioether (sulfide) groups is 1. The Hall–Kier alpha value is -5.06. The van der Waals surface area contributed by atoms with Crippen LogP contribution in [0.2, 0.25) is 0 Å². The fourth-order valence-corrected chi connectivity index (χ4v) is 5.17. The van der Waals surface area contributed by atoms with Gasteiger partial charge in [-0.2, -0.15) is 18.2 Å². The molecule has 0 unspecified atom stereocenters. The summed E-state index contributed by atoms with van der Waals surface area (Å²) < 4.78 is 58.4. The van der Waals surface area contributed by atoms with Crippen LogP contribution in [0.25, 0.3) is 0 Å². The number of ether oxygens (including phenoxy) is 3. The van der Waals surface area contributed by atoms with Crippen molar-refractivity contribution in [2.24, 2.45) is 4.99 Å². The molecule has 0 aliphatic heterocycles. The molecule has 3 aromatic rings. The van der Waals surface area contributed by atoms with Crippen molar-refractivity contribution in [1.29, 1.82) is 10.8 Å². The number of hydrogen-bond donors (Lipinski definition) is 4. The zero-order chi connectivity index (χ0) is 38.7. The Balaban J connectivity index is 1.53. The highest BCUT2D eigenvalue weighted by molar-refractivity contribution is 7.99. The highest BCUT2D eigenvalue weighted by Gasteiger charge is 2.38. The van der Waals surface area contributed by atoms with E-state index >= 15 is 0 Å². The molecule has 1 heterocycles. The van der Waals surface area contributed by atoms with E-state index in [0.29, 0.717) is 42.0 Å². The summed E-state index contributed by atoms with van der Waals surface area (Å²) in [7, 11) is 0. The third kappa shape index (κ3) is 14.3. The molecule has 3 rings (SSSR count). The SMILES string of the molecule is CC(C)(C)OC(=O)NC(=N)c1ccc(OCCCn2ccn(CCCSc3ccc(C(=N)NC(=O)OC(C)(C)C)cc3)/c2=N/C(=O)C(F)(F)F)cc1. The molecule has 0 aliphatic rings. The average molecular weight is 748 g/mol. The van der Waals surface area contributed by atoms with Crippen LogP contribution in [0.5, 0.6) is 5.75 Å². The topological polar surface area (TPSA) is 173 Å². The second kappa shape index (κ2) is 17.9. The summed E-state index contributed by atoms with van der Waals surface area (Å²) in [4.78, 5) is 40.0. The first-order chi connectivity index (χ1) is 24.2. The van der Waals surface area contributed by atoms with Crippen molar-refractivity contribution in [1.82, 2.24) is 19.8 Å². The number of amidine groups is 2. The van der Waals surface area contributed by atoms with Gasteiger partial charge in [-0.1, -0.05) is 12.1 Å². The number of hydrogen-bond acceptors (Lipinski definition) is 9. The van der Waals surface area contributed by atoms with Crippen molar-refractivity contribution < 1.29 is 41.8 Å². The van der Waals surface area contributed by atoms with E-state index in [1.54, 1.807) is 102 Å². The number of carbonyl (C=O) groups excluding carboxylic acids is 3. The van der Waals surface area contributed by atoms with Gasteiger partial charge in [0.1, 0.15) is 28.6 Å². The van der Waals surface area contributed by atoms with Gasteiger partial charge >= 0.3 is 24.3 Å². The third-order valence-electron chi connectivity index (χ3n) is 6.55. The number of halogens is 3. The van der Waals surface area contributed by atoms with Crippen LogP contribution >= 0.6 is 11.8 Å². The van der Waals surface area contributed by atoms with Crippen molar-refractivity contribution in [2.45, 2.75) is 89.7 Å². The van der Waals surface area contributed by atoms with Gasteiger partial charge in [-0.15, -0.1) is 11.8 Å². The van der Waals surface area contributed by atoms with Crippen molar-refractivity contribution in [3.8, 4) is 5.75 Å². The lowest BCUT2D eigenvalue weighted by Crippen LogP contribution is -2.36. The number of carbonyl (C=O) groups is 3. The summed E-state index contributed by atoms with van der Waals surface area (Å²) in [6, 6.07) is 13.4. The minimum atomic E-state index is -5.12. The number of alkyl halides is 3. The molecule has 0 fully saturated rings. The minimum absolute atomic E-state index is 0.106. The monoisotopic (exact) mass is 747 g/mol. The molecule has 13 nitrogen and oxygen atoms in total. The van der Waals surface area contributed by atoms with E-state index in [-0.39, 0.29) is 30.4 Å². The van der Waals surface area contributed by atoms with E-state index in [1.165, 1.54) is 20.9 Å². The van der Waals surface area contributed by atoms with Gasteiger partial charge < -0.3 is 23.3 Å². The molecular weight excluding hydrogens is 703 g/mol. The van der Waals surface area contributed by atoms with Crippen LogP contribution in [-0.4, -0.2) is 68.6 Å². The predicted molar refractivity (Wildman–Crippen MR) is 190 cm³/mol. The smallest absolute Gasteiger partial charge is 0.473 e. The maximum absolute atomic E-state index is 13.1. The molecule has 17 heteroatoms. The Morgan fingerprint density at radius 1 is 0.750 bits per heavy atom. The minimum Gasteiger partial charge on any atom is -0.494 e. The summed E-state index contributed by atoms with van der Waals surface area (Å²) in [5.41, 5.74) is -0.618. The van der Waals surface area contributed by atoms with Crippen LogP contribution in [0.1, 0.15) is 65.5 Å². The molecule has 282 valence electrons. The molecule has 3 amide bonds. The number of aryl methyl sites for hydroxylation is 2. The van der Waals surface area contributed by atoms with Gasteiger partial charge in [-0.3, -0.25) is 26.2 Å². The molecular formula is C35H44F3N7O6S. The van der Waals surface area contributed by atoms with Crippen LogP contribution in [0.15, 0.2) is 70.8 Å². The Bertz CT molecular complexity index is 1680. The summed E-state index contributed by atoms with van der Waals surface area (Å²) in [6.45, 7) is 11.0. The fraction of sp³-hybridized carbons (Fsp3) is 0.429. The molecule has 0 spiro atoms. The lowest BCUT2D eigenvalue weighted by Gasteiger charge is -2.19. The number of nitrogens with zero attached hydrogens (tertiary/aromatic N) is 3. The standard InChI is InChI=1S/C35H44F3N7O6S/c1-33(2,3)50-31(47)41-27(39)23-9-13-25(14-10-23)49-21-7-17-44-19-20-45(30(44)43-29(46)35(36,37)38)18-8-22-52-26-15-11-24(12-16-26)28(40)42-32(48)51-34(4,5)6/h9-16,19-20H,7-8,17-18,21-22H2,1-6H3,(H2,39,41,47)(H2,40,42,48)/b43-30+. The van der Waals surface area contributed by atoms with E-state index in [0.717, 1.165) is 4.90 Å². The van der Waals surface area contributed by atoms with Gasteiger partial charge in [0.2, 0.25) is 5.62 Å². The molecule has 0 bridgehead atoms. The predicted octanol–water partition coefficient (Wildman–Crippen LogP) is 6.63. The molecule has 0 saturated heterocycles. The van der Waals surface area contributed by atoms with E-state index in [1.807, 2.05) is 0 Å². The molecule has 0 atom stereocenters. The van der Waals surface area contributed by atoms with E-state index < -0.39 is 35.5 Å². The summed E-state index contributed by atoms with van der Waals surface area (Å²) in [6.07, 6.45) is -2.53. The largest absolute Gasteiger partial charge is 0.494 e. The first-order valence-corrected chi connectivity index (χ1v) is 17.2. The van der Waals surface area contributed by atoms with Gasteiger partial charge in [0.05, 0.1) is 6.61 Å². The summed E-state index contributed by atoms with van der Waals surface area (Å²) >= 11 is 1.50. The Morgan fingerprint density at radius 3 is 1.67 bits per heavy atom. The van der Waals surface area contributed by atoms with E-state index in [9.17, 15) is 27.6 Å². The molecule has 1 aromatic heterocycles. The van der Waals surface area contributed by atoms with Crippen molar-refractivity contribution in [3.05, 3.63) is 77.7 Å². The van der Waals surface area contributed by atoms with Crippen LogP contribution in [0.3, 0.4) is 0 Å². The first-order valence-electron chi connectivity index (χ1n) is 16.3. The molecule has 52 heavy (non-hydrogen) atoms. The van der Waals surface area contributed by atoms with Gasteiger partial charge in [0.15, 0.2) is 0 Å². The molecule has 0 aliphatic carbocycles. The Labute approximate surface area is 304 Å². The molecule has 0 saturated carbocycles. The number of alkyl carbamates (subject to hydrolysis) is 2. The maximum Gasteiger partial charge on any atom is 0.473 e. The van der Waals surface area contributed by atoms with Crippen LogP contribution in [0.4, 0.5) is 22.8 Å². The Kier molecular flexibility index (Phi) is 14.3. The Morgan fingerprint density at radius 2 is 1.21 bits per heavy atom. The van der Waals surface area contributed by atoms with Crippen LogP contribution in [0, 0.1) is 10.8 Å². The summed E-state index contributed by atoms with van der Waals surface area (Å²) in [5.74, 6) is -1.37. The quantitative estimate of drug-likeness (QED) is 0.0697. The van der Waals surface area contributed by atoms with Gasteiger partial charge in [0, 0.05) is 41.5 Å². The highest BCUT2D eigenvalue weighted by atomic mass is 32.2. The molecule has 2 aromatic carbocycles. The van der Waals surface area contributed by atoms with Crippen molar-refractivity contribution in [3.63, 3.8) is 0 Å². The number of imidazole rings is 1. The van der Waals surface area contributed by atoms with E-state index in [4.69, 9.17) is 25.0 Å². The number of benzene rings is 2. The number of rotatable bonds is 12. The second-order valence-corrected chi connectivity index (χ2v) is 14.5. The second-order valence-electron chi connectivity index (χ2n) is 13.4. The van der Waals surface area contributed by atoms with Crippen molar-refractivity contribution >= 4 is 41.5 Å². The lowest BCUT2D eigenvalue weighted by atomic mass is 10.2. The van der Waals surface area contributed by atoms with Crippen molar-refractivity contribution in [2.75, 3.05) is 12.4 Å². The van der Waals surface area contributed by atoms with Crippen LogP contribution in [-0.2, 0) is 27.4 Å². The fourth-order valence-electron chi connectivity index (χ4n) is 4.33. The normalized spacial score (nSPS) is 12.2. The maximum atomic E-state index is 13.1. The van der Waals surface area contributed by atoms with Gasteiger partial charge in [-0.25, -0.2) is 9.59 Å². The van der Waals surface area contributed by atoms with Gasteiger partial charge in [-0.05, 0) is 96.5 Å². The molecule has 4 N–H and O–H groups in total. The zero-order valence-corrected chi connectivity index (χ0v) is 30.7. The lowest BCUT2D eigenvalue weighted by molar-refractivity contribution is -0.169. The van der Waals surface area contributed by atoms with Crippen LogP contribution < -0.4 is 21.0 Å².